The molecule has 2 heterocycles. The third-order valence-electron chi connectivity index (χ3n) is 3.52. The van der Waals surface area contributed by atoms with Crippen LogP contribution in [0, 0.1) is 5.41 Å². The Morgan fingerprint density at radius 3 is 2.92 bits per heavy atom. The summed E-state index contributed by atoms with van der Waals surface area (Å²) < 4.78 is 0. The number of amides is 1. The van der Waals surface area contributed by atoms with Crippen LogP contribution < -0.4 is 5.32 Å². The van der Waals surface area contributed by atoms with Gasteiger partial charge in [-0.05, 0) is 33.2 Å². The van der Waals surface area contributed by atoms with Crippen LogP contribution in [0.5, 0.6) is 0 Å². The molecule has 1 spiro atoms. The molecule has 0 saturated carbocycles. The molecular weight excluding hydrogens is 164 g/mol. The first kappa shape index (κ1) is 9.00. The summed E-state index contributed by atoms with van der Waals surface area (Å²) in [5.41, 5.74) is -0.0323. The van der Waals surface area contributed by atoms with Gasteiger partial charge in [0.05, 0.1) is 5.41 Å². The van der Waals surface area contributed by atoms with Gasteiger partial charge in [-0.15, -0.1) is 0 Å². The van der Waals surface area contributed by atoms with E-state index in [4.69, 9.17) is 0 Å². The molecule has 3 nitrogen and oxygen atoms in total. The van der Waals surface area contributed by atoms with Gasteiger partial charge in [0.1, 0.15) is 0 Å². The van der Waals surface area contributed by atoms with Crippen molar-refractivity contribution in [3.63, 3.8) is 0 Å². The molecule has 2 saturated heterocycles. The summed E-state index contributed by atoms with van der Waals surface area (Å²) >= 11 is 0. The summed E-state index contributed by atoms with van der Waals surface area (Å²) in [6.07, 6.45) is 2.08. The van der Waals surface area contributed by atoms with Crippen LogP contribution in [-0.2, 0) is 4.79 Å². The maximum atomic E-state index is 12.1. The van der Waals surface area contributed by atoms with Crippen LogP contribution >= 0.6 is 0 Å². The Labute approximate surface area is 79.5 Å². The monoisotopic (exact) mass is 182 g/mol. The fraction of sp³-hybridized carbons (Fsp3) is 0.900. The van der Waals surface area contributed by atoms with Crippen LogP contribution in [0.1, 0.15) is 26.7 Å². The smallest absolute Gasteiger partial charge is 0.230 e. The zero-order valence-corrected chi connectivity index (χ0v) is 8.47. The van der Waals surface area contributed by atoms with Crippen molar-refractivity contribution < 1.29 is 4.79 Å². The highest BCUT2D eigenvalue weighted by Gasteiger charge is 2.50. The Hall–Kier alpha value is -0.570. The van der Waals surface area contributed by atoms with Crippen LogP contribution in [0.15, 0.2) is 0 Å². The quantitative estimate of drug-likeness (QED) is 0.644. The zero-order chi connectivity index (χ0) is 9.47. The fourth-order valence-electron chi connectivity index (χ4n) is 2.82. The van der Waals surface area contributed by atoms with Crippen molar-refractivity contribution in [2.24, 2.45) is 5.41 Å². The molecule has 13 heavy (non-hydrogen) atoms. The minimum Gasteiger partial charge on any atom is -0.340 e. The lowest BCUT2D eigenvalue weighted by Crippen LogP contribution is -2.37. The van der Waals surface area contributed by atoms with E-state index in [9.17, 15) is 4.79 Å². The number of carbonyl (C=O) groups is 1. The summed E-state index contributed by atoms with van der Waals surface area (Å²) in [6, 6.07) is 0.442. The number of hydrogen-bond donors (Lipinski definition) is 1. The van der Waals surface area contributed by atoms with E-state index >= 15 is 0 Å². The second kappa shape index (κ2) is 2.98. The van der Waals surface area contributed by atoms with Crippen molar-refractivity contribution in [2.45, 2.75) is 32.7 Å². The van der Waals surface area contributed by atoms with Gasteiger partial charge in [-0.1, -0.05) is 0 Å². The normalized spacial score (nSPS) is 39.4. The number of nitrogens with one attached hydrogen (secondary N) is 1. The predicted octanol–water partition coefficient (Wildman–Crippen LogP) is 0.607. The number of rotatable bonds is 1. The van der Waals surface area contributed by atoms with E-state index in [2.05, 4.69) is 19.2 Å². The Morgan fingerprint density at radius 1 is 1.69 bits per heavy atom. The summed E-state index contributed by atoms with van der Waals surface area (Å²) in [5.74, 6) is 0.382. The van der Waals surface area contributed by atoms with Crippen molar-refractivity contribution in [2.75, 3.05) is 19.6 Å². The van der Waals surface area contributed by atoms with Gasteiger partial charge in [0, 0.05) is 19.1 Å². The van der Waals surface area contributed by atoms with Crippen LogP contribution in [-0.4, -0.2) is 36.5 Å². The molecule has 2 rings (SSSR count). The van der Waals surface area contributed by atoms with Gasteiger partial charge in [-0.2, -0.15) is 0 Å². The summed E-state index contributed by atoms with van der Waals surface area (Å²) in [5, 5.41) is 3.30. The Morgan fingerprint density at radius 2 is 2.46 bits per heavy atom. The predicted molar refractivity (Wildman–Crippen MR) is 51.4 cm³/mol. The van der Waals surface area contributed by atoms with Gasteiger partial charge < -0.3 is 10.2 Å². The van der Waals surface area contributed by atoms with Crippen LogP contribution in [0.2, 0.25) is 0 Å². The lowest BCUT2D eigenvalue weighted by atomic mass is 9.84. The van der Waals surface area contributed by atoms with E-state index in [0.29, 0.717) is 11.9 Å². The maximum absolute atomic E-state index is 12.1. The van der Waals surface area contributed by atoms with E-state index in [1.165, 1.54) is 0 Å². The molecule has 0 aromatic heterocycles. The second-order valence-corrected chi connectivity index (χ2v) is 4.35. The lowest BCUT2D eigenvalue weighted by molar-refractivity contribution is -0.135. The van der Waals surface area contributed by atoms with Gasteiger partial charge in [0.2, 0.25) is 5.91 Å². The first-order chi connectivity index (χ1) is 6.19. The number of likely N-dealkylation sites (tertiary alicyclic amines) is 1. The molecule has 0 aromatic carbocycles. The Bertz CT molecular complexity index is 221. The Kier molecular flexibility index (Phi) is 2.06. The zero-order valence-electron chi connectivity index (χ0n) is 8.47. The molecule has 2 unspecified atom stereocenters. The summed E-state index contributed by atoms with van der Waals surface area (Å²) in [4.78, 5) is 14.1. The average Bonchev–Trinajstić information content (AvgIpc) is 2.62. The minimum absolute atomic E-state index is 0.0323. The molecule has 0 aliphatic carbocycles. The highest BCUT2D eigenvalue weighted by molar-refractivity contribution is 5.86. The second-order valence-electron chi connectivity index (χ2n) is 4.35. The molecule has 0 aromatic rings. The molecule has 74 valence electrons. The van der Waals surface area contributed by atoms with Gasteiger partial charge in [0.25, 0.3) is 0 Å². The molecular formula is C10H18N2O. The highest BCUT2D eigenvalue weighted by atomic mass is 16.2. The van der Waals surface area contributed by atoms with Crippen molar-refractivity contribution in [1.29, 1.82) is 0 Å². The SMILES string of the molecule is CCN1C(=O)C2(CCNC2)CC1C. The number of nitrogens with zero attached hydrogens (tertiary/aromatic N) is 1. The van der Waals surface area contributed by atoms with Crippen molar-refractivity contribution >= 4 is 5.91 Å². The van der Waals surface area contributed by atoms with Gasteiger partial charge in [-0.25, -0.2) is 0 Å². The summed E-state index contributed by atoms with van der Waals surface area (Å²) in [6.45, 7) is 6.99. The Balaban J connectivity index is 2.20. The van der Waals surface area contributed by atoms with Gasteiger partial charge >= 0.3 is 0 Å². The van der Waals surface area contributed by atoms with Crippen molar-refractivity contribution in [1.82, 2.24) is 10.2 Å². The third kappa shape index (κ3) is 1.17. The van der Waals surface area contributed by atoms with E-state index in [1.807, 2.05) is 4.90 Å². The first-order valence-electron chi connectivity index (χ1n) is 5.21. The molecule has 2 aliphatic rings. The molecule has 0 radical (unpaired) electrons. The van der Waals surface area contributed by atoms with E-state index in [1.54, 1.807) is 0 Å². The van der Waals surface area contributed by atoms with Crippen LogP contribution in [0.4, 0.5) is 0 Å². The van der Waals surface area contributed by atoms with Crippen LogP contribution in [0.3, 0.4) is 0 Å². The molecule has 1 N–H and O–H groups in total. The molecule has 2 aliphatic heterocycles. The largest absolute Gasteiger partial charge is 0.340 e. The number of hydrogen-bond acceptors (Lipinski definition) is 2. The molecule has 1 amide bonds. The summed E-state index contributed by atoms with van der Waals surface area (Å²) in [7, 11) is 0. The molecule has 2 fully saturated rings. The van der Waals surface area contributed by atoms with Crippen LogP contribution in [0.25, 0.3) is 0 Å². The fourth-order valence-corrected chi connectivity index (χ4v) is 2.82. The lowest BCUT2D eigenvalue weighted by Gasteiger charge is -2.21. The number of carbonyl (C=O) groups excluding carboxylic acids is 1. The van der Waals surface area contributed by atoms with Gasteiger partial charge in [-0.3, -0.25) is 4.79 Å². The topological polar surface area (TPSA) is 32.3 Å². The molecule has 2 atom stereocenters. The third-order valence-corrected chi connectivity index (χ3v) is 3.52. The minimum atomic E-state index is -0.0323. The van der Waals surface area contributed by atoms with Crippen molar-refractivity contribution in [3.05, 3.63) is 0 Å². The first-order valence-corrected chi connectivity index (χ1v) is 5.21. The van der Waals surface area contributed by atoms with Crippen molar-refractivity contribution in [3.8, 4) is 0 Å². The van der Waals surface area contributed by atoms with E-state index in [-0.39, 0.29) is 5.41 Å². The van der Waals surface area contributed by atoms with E-state index in [0.717, 1.165) is 32.5 Å². The maximum Gasteiger partial charge on any atom is 0.230 e. The molecule has 3 heteroatoms. The molecule has 0 bridgehead atoms. The van der Waals surface area contributed by atoms with E-state index < -0.39 is 0 Å². The highest BCUT2D eigenvalue weighted by Crippen LogP contribution is 2.40. The standard InChI is InChI=1S/C10H18N2O/c1-3-12-8(2)6-10(9(12)13)4-5-11-7-10/h8,11H,3-7H2,1-2H3. The average molecular weight is 182 g/mol. The van der Waals surface area contributed by atoms with Gasteiger partial charge in [0.15, 0.2) is 0 Å².